The van der Waals surface area contributed by atoms with Gasteiger partial charge in [-0.2, -0.15) is 0 Å². The van der Waals surface area contributed by atoms with Crippen molar-refractivity contribution in [3.8, 4) is 0 Å². The second-order valence-corrected chi connectivity index (χ2v) is 9.08. The van der Waals surface area contributed by atoms with Gasteiger partial charge in [-0.15, -0.1) is 0 Å². The summed E-state index contributed by atoms with van der Waals surface area (Å²) in [4.78, 5) is 37.0. The van der Waals surface area contributed by atoms with Crippen LogP contribution in [0.5, 0.6) is 0 Å². The number of halogens is 3. The average Bonchev–Trinajstić information content (AvgIpc) is 2.67. The normalized spacial score (nSPS) is 12.4. The Balaban J connectivity index is 0.00000841. The molecule has 0 fully saturated rings. The SMILES string of the molecule is CC(=O)Nc1c(I)c(C(=O)NCC(O)CO)c(I)c(C(=O)NCC(O)CO)c1I.[NaH]. The first-order valence-corrected chi connectivity index (χ1v) is 11.4. The molecule has 0 saturated carbocycles. The molecule has 0 aliphatic carbocycles. The molecule has 3 amide bonds. The van der Waals surface area contributed by atoms with Crippen LogP contribution < -0.4 is 16.0 Å². The Morgan fingerprint density at radius 2 is 1.20 bits per heavy atom. The summed E-state index contributed by atoms with van der Waals surface area (Å²) in [6.07, 6.45) is -2.29. The Morgan fingerprint density at radius 3 is 1.50 bits per heavy atom. The predicted octanol–water partition coefficient (Wildman–Crippen LogP) is -1.02. The molecule has 1 aromatic carbocycles. The van der Waals surface area contributed by atoms with Gasteiger partial charge in [-0.05, 0) is 67.8 Å². The molecule has 0 heterocycles. The van der Waals surface area contributed by atoms with Gasteiger partial charge in [0.25, 0.3) is 11.8 Å². The van der Waals surface area contributed by atoms with Crippen LogP contribution in [0.1, 0.15) is 27.6 Å². The average molecular weight is 771 g/mol. The zero-order valence-electron chi connectivity index (χ0n) is 15.1. The van der Waals surface area contributed by atoms with Crippen molar-refractivity contribution >= 4 is 121 Å². The van der Waals surface area contributed by atoms with Crippen LogP contribution >= 0.6 is 67.8 Å². The minimum absolute atomic E-state index is 0. The maximum atomic E-state index is 12.7. The van der Waals surface area contributed by atoms with Crippen molar-refractivity contribution in [2.45, 2.75) is 19.1 Å². The van der Waals surface area contributed by atoms with Crippen molar-refractivity contribution in [3.05, 3.63) is 21.8 Å². The summed E-state index contributed by atoms with van der Waals surface area (Å²) < 4.78 is 1.10. The van der Waals surface area contributed by atoms with E-state index in [4.69, 9.17) is 10.2 Å². The number of anilines is 1. The number of hydrogen-bond donors (Lipinski definition) is 7. The van der Waals surface area contributed by atoms with Crippen LogP contribution in [0.15, 0.2) is 0 Å². The predicted molar refractivity (Wildman–Crippen MR) is 137 cm³/mol. The van der Waals surface area contributed by atoms with E-state index in [9.17, 15) is 24.6 Å². The van der Waals surface area contributed by atoms with Gasteiger partial charge in [0, 0.05) is 23.6 Å². The number of carbonyl (C=O) groups is 3. The first kappa shape index (κ1) is 30.7. The van der Waals surface area contributed by atoms with E-state index >= 15 is 0 Å². The molecular formula is C16H21I3N3NaO7. The van der Waals surface area contributed by atoms with Gasteiger partial charge < -0.3 is 36.4 Å². The fraction of sp³-hybridized carbons (Fsp3) is 0.438. The topological polar surface area (TPSA) is 168 Å². The number of aliphatic hydroxyl groups is 4. The Hall–Kier alpha value is 0.660. The zero-order chi connectivity index (χ0) is 22.3. The molecule has 0 spiro atoms. The molecule has 7 N–H and O–H groups in total. The molecule has 1 aromatic rings. The summed E-state index contributed by atoms with van der Waals surface area (Å²) in [6, 6.07) is 0. The zero-order valence-corrected chi connectivity index (χ0v) is 21.6. The second kappa shape index (κ2) is 14.7. The molecule has 0 bridgehead atoms. The van der Waals surface area contributed by atoms with E-state index < -0.39 is 43.1 Å². The molecule has 14 heteroatoms. The molecule has 0 aliphatic heterocycles. The number of hydrogen-bond acceptors (Lipinski definition) is 7. The number of amides is 3. The van der Waals surface area contributed by atoms with Gasteiger partial charge in [0.1, 0.15) is 0 Å². The van der Waals surface area contributed by atoms with Gasteiger partial charge in [0.05, 0.1) is 49.4 Å². The molecule has 2 unspecified atom stereocenters. The third kappa shape index (κ3) is 8.54. The van der Waals surface area contributed by atoms with Crippen molar-refractivity contribution in [2.24, 2.45) is 0 Å². The number of carbonyl (C=O) groups excluding carboxylic acids is 3. The minimum atomic E-state index is -1.14. The van der Waals surface area contributed by atoms with Crippen molar-refractivity contribution in [3.63, 3.8) is 0 Å². The molecule has 0 aliphatic rings. The summed E-state index contributed by atoms with van der Waals surface area (Å²) in [5.41, 5.74) is 0.515. The number of benzene rings is 1. The summed E-state index contributed by atoms with van der Waals surface area (Å²) in [5.74, 6) is -1.59. The van der Waals surface area contributed by atoms with Crippen LogP contribution in [-0.2, 0) is 4.79 Å². The Labute approximate surface area is 236 Å². The first-order valence-electron chi connectivity index (χ1n) is 8.17. The molecule has 1 rings (SSSR count). The van der Waals surface area contributed by atoms with Gasteiger partial charge in [0.15, 0.2) is 0 Å². The first-order chi connectivity index (χ1) is 13.5. The van der Waals surface area contributed by atoms with Crippen molar-refractivity contribution in [1.29, 1.82) is 0 Å². The molecule has 10 nitrogen and oxygen atoms in total. The molecular weight excluding hydrogens is 750 g/mol. The third-order valence-corrected chi connectivity index (χ3v) is 6.73. The van der Waals surface area contributed by atoms with Crippen molar-refractivity contribution < 1.29 is 34.8 Å². The molecule has 2 atom stereocenters. The van der Waals surface area contributed by atoms with E-state index in [0.717, 1.165) is 0 Å². The third-order valence-electron chi connectivity index (χ3n) is 3.49. The van der Waals surface area contributed by atoms with Crippen LogP contribution in [0, 0.1) is 10.7 Å². The molecule has 0 saturated heterocycles. The Bertz CT molecular complexity index is 745. The van der Waals surface area contributed by atoms with E-state index in [2.05, 4.69) is 16.0 Å². The fourth-order valence-electron chi connectivity index (χ4n) is 2.08. The van der Waals surface area contributed by atoms with Crippen LogP contribution in [0.3, 0.4) is 0 Å². The molecule has 164 valence electrons. The molecule has 30 heavy (non-hydrogen) atoms. The van der Waals surface area contributed by atoms with Gasteiger partial charge in [0.2, 0.25) is 5.91 Å². The standard InChI is InChI=1S/C16H20I3N3O7.Na.H/c1-6(25)22-14-12(18)9(15(28)20-2-7(26)4-23)11(17)10(13(14)19)16(29)21-3-8(27)5-24;;/h7-8,23-24,26-27H,2-5H2,1H3,(H,20,28)(H,21,29)(H,22,25);;. The van der Waals surface area contributed by atoms with Gasteiger partial charge in [-0.3, -0.25) is 14.4 Å². The summed E-state index contributed by atoms with van der Waals surface area (Å²) >= 11 is 5.60. The number of nitrogens with one attached hydrogen (secondary N) is 3. The van der Waals surface area contributed by atoms with E-state index in [1.165, 1.54) is 6.92 Å². The summed E-state index contributed by atoms with van der Waals surface area (Å²) in [5, 5.41) is 44.3. The summed E-state index contributed by atoms with van der Waals surface area (Å²) in [7, 11) is 0. The van der Waals surface area contributed by atoms with Crippen LogP contribution in [0.2, 0.25) is 0 Å². The van der Waals surface area contributed by atoms with E-state index in [1.807, 2.05) is 67.8 Å². The Kier molecular flexibility index (Phi) is 15.1. The monoisotopic (exact) mass is 771 g/mol. The molecule has 0 radical (unpaired) electrons. The summed E-state index contributed by atoms with van der Waals surface area (Å²) in [6.45, 7) is -0.169. The van der Waals surface area contributed by atoms with Crippen LogP contribution in [-0.4, -0.2) is 106 Å². The van der Waals surface area contributed by atoms with E-state index in [0.29, 0.717) is 10.7 Å². The van der Waals surface area contributed by atoms with Gasteiger partial charge in [-0.1, -0.05) is 0 Å². The van der Waals surface area contributed by atoms with E-state index in [1.54, 1.807) is 0 Å². The van der Waals surface area contributed by atoms with Crippen LogP contribution in [0.4, 0.5) is 5.69 Å². The Morgan fingerprint density at radius 1 is 0.833 bits per heavy atom. The molecule has 0 aromatic heterocycles. The van der Waals surface area contributed by atoms with E-state index in [-0.39, 0.29) is 59.5 Å². The maximum absolute atomic E-state index is 12.7. The van der Waals surface area contributed by atoms with Crippen molar-refractivity contribution in [2.75, 3.05) is 31.6 Å². The van der Waals surface area contributed by atoms with Crippen molar-refractivity contribution in [1.82, 2.24) is 10.6 Å². The van der Waals surface area contributed by atoms with Crippen LogP contribution in [0.25, 0.3) is 0 Å². The number of aliphatic hydroxyl groups excluding tert-OH is 4. The quantitative estimate of drug-likeness (QED) is 0.125. The fourth-order valence-corrected chi connectivity index (χ4v) is 6.49. The second-order valence-electron chi connectivity index (χ2n) is 5.84. The van der Waals surface area contributed by atoms with Gasteiger partial charge in [-0.25, -0.2) is 0 Å². The number of rotatable bonds is 9. The van der Waals surface area contributed by atoms with Gasteiger partial charge >= 0.3 is 29.6 Å².